The lowest BCUT2D eigenvalue weighted by molar-refractivity contribution is -0.137. The van der Waals surface area contributed by atoms with Crippen LogP contribution in [0.3, 0.4) is 0 Å². The summed E-state index contributed by atoms with van der Waals surface area (Å²) in [7, 11) is 0. The molecule has 1 aromatic carbocycles. The first-order chi connectivity index (χ1) is 29.6. The lowest BCUT2D eigenvalue weighted by Crippen LogP contribution is -2.54. The van der Waals surface area contributed by atoms with Gasteiger partial charge in [-0.2, -0.15) is 19.8 Å². The van der Waals surface area contributed by atoms with Crippen LogP contribution in [0, 0.1) is 17.2 Å². The molecular formula is C40H52N12O10. The quantitative estimate of drug-likeness (QED) is 0.0583. The minimum Gasteiger partial charge on any atom is -0.463 e. The van der Waals surface area contributed by atoms with Gasteiger partial charge in [-0.05, 0) is 55.7 Å². The van der Waals surface area contributed by atoms with Crippen LogP contribution in [0.4, 0.5) is 21.1 Å². The van der Waals surface area contributed by atoms with Gasteiger partial charge < -0.3 is 42.2 Å². The molecule has 0 radical (unpaired) electrons. The number of amides is 7. The summed E-state index contributed by atoms with van der Waals surface area (Å²) in [5, 5.41) is 20.0. The summed E-state index contributed by atoms with van der Waals surface area (Å²) >= 11 is 0. The Hall–Kier alpha value is -7.31. The van der Waals surface area contributed by atoms with Crippen LogP contribution >= 0.6 is 0 Å². The fourth-order valence-electron chi connectivity index (χ4n) is 6.24. The number of imidazole rings is 1. The molecule has 1 aliphatic rings. The van der Waals surface area contributed by atoms with Crippen LogP contribution in [-0.4, -0.2) is 97.4 Å². The fraction of sp³-hybridized carbons (Fsp3) is 0.475. The van der Waals surface area contributed by atoms with Gasteiger partial charge >= 0.3 is 23.8 Å². The number of nitrogen functional groups attached to an aromatic ring is 1. The number of rotatable bonds is 23. The summed E-state index contributed by atoms with van der Waals surface area (Å²) in [5.41, 5.74) is 10.9. The van der Waals surface area contributed by atoms with Crippen molar-refractivity contribution in [2.24, 2.45) is 11.7 Å². The van der Waals surface area contributed by atoms with Crippen molar-refractivity contribution in [1.82, 2.24) is 40.0 Å². The minimum atomic E-state index is -1.10. The van der Waals surface area contributed by atoms with Gasteiger partial charge in [0.05, 0.1) is 12.7 Å². The Morgan fingerprint density at radius 3 is 2.27 bits per heavy atom. The molecule has 3 aromatic rings. The number of urea groups is 1. The van der Waals surface area contributed by atoms with Crippen molar-refractivity contribution in [2.45, 2.75) is 97.4 Å². The van der Waals surface area contributed by atoms with Gasteiger partial charge in [0.15, 0.2) is 11.5 Å². The standard InChI is InChI=1S/C40H52N12O10/c1-4-5-22-61-38-48-33(42)32-34(49-38)51(21-18-41)39(59)52(32)40(60)62-23-25-12-14-26(15-13-25)45-35(56)27(10-9-19-44-37(43)58)46-36(57)31(24(2)3)47-28(53)11-7-6-8-20-50-29(54)16-17-30(50)55/h12-17,24,27,31H,4-11,19-23H2,1-3H3,(H,45,56)(H,46,57)(H,47,53)(H2,42,48,49)(H3,43,44,58). The number of nitrogens with one attached hydrogen (secondary N) is 4. The molecule has 2 unspecified atom stereocenters. The molecule has 0 bridgehead atoms. The maximum atomic E-state index is 13.6. The van der Waals surface area contributed by atoms with Gasteiger partial charge in [0.1, 0.15) is 30.8 Å². The molecule has 2 aromatic heterocycles. The number of ether oxygens (including phenoxy) is 2. The highest BCUT2D eigenvalue weighted by Crippen LogP contribution is 2.21. The third kappa shape index (κ3) is 13.1. The highest BCUT2D eigenvalue weighted by Gasteiger charge is 2.30. The topological polar surface area (TPSA) is 318 Å². The molecular weight excluding hydrogens is 809 g/mol. The number of carbonyl (C=O) groups excluding carboxylic acids is 7. The van der Waals surface area contributed by atoms with Gasteiger partial charge in [-0.3, -0.25) is 33.4 Å². The van der Waals surface area contributed by atoms with E-state index in [4.69, 9.17) is 20.9 Å². The Kier molecular flexibility index (Phi) is 17.5. The van der Waals surface area contributed by atoms with Gasteiger partial charge in [0.25, 0.3) is 11.8 Å². The molecule has 2 atom stereocenters. The largest absolute Gasteiger partial charge is 0.463 e. The second-order valence-electron chi connectivity index (χ2n) is 14.6. The molecule has 4 rings (SSSR count). The number of carbonyl (C=O) groups is 7. The number of primary amides is 1. The van der Waals surface area contributed by atoms with Gasteiger partial charge in [-0.25, -0.2) is 14.4 Å². The number of anilines is 2. The van der Waals surface area contributed by atoms with E-state index in [9.17, 15) is 43.6 Å². The van der Waals surface area contributed by atoms with Crippen molar-refractivity contribution in [3.05, 3.63) is 52.5 Å². The number of hydrogen-bond acceptors (Lipinski definition) is 14. The monoisotopic (exact) mass is 860 g/mol. The molecule has 22 nitrogen and oxygen atoms in total. The molecule has 3 heterocycles. The first-order valence-corrected chi connectivity index (χ1v) is 20.2. The number of benzene rings is 1. The predicted molar refractivity (Wildman–Crippen MR) is 223 cm³/mol. The smallest absolute Gasteiger partial charge is 0.423 e. The van der Waals surface area contributed by atoms with E-state index >= 15 is 0 Å². The number of hydrogen-bond donors (Lipinski definition) is 6. The number of aromatic nitrogens is 4. The number of fused-ring (bicyclic) bond motifs is 1. The summed E-state index contributed by atoms with van der Waals surface area (Å²) in [5.74, 6) is -2.91. The van der Waals surface area contributed by atoms with Crippen molar-refractivity contribution in [1.29, 1.82) is 5.26 Å². The highest BCUT2D eigenvalue weighted by molar-refractivity contribution is 6.12. The molecule has 22 heteroatoms. The average molecular weight is 861 g/mol. The Balaban J connectivity index is 1.36. The van der Waals surface area contributed by atoms with Gasteiger partial charge in [0, 0.05) is 37.3 Å². The van der Waals surface area contributed by atoms with Crippen LogP contribution in [0.25, 0.3) is 11.2 Å². The molecule has 0 aliphatic carbocycles. The van der Waals surface area contributed by atoms with E-state index in [1.54, 1.807) is 26.0 Å². The van der Waals surface area contributed by atoms with Crippen LogP contribution in [0.2, 0.25) is 0 Å². The van der Waals surface area contributed by atoms with Gasteiger partial charge in [0.2, 0.25) is 17.7 Å². The number of nitrogens with zero attached hydrogens (tertiary/aromatic N) is 6. The molecule has 0 spiro atoms. The molecule has 0 saturated carbocycles. The molecule has 0 saturated heterocycles. The summed E-state index contributed by atoms with van der Waals surface area (Å²) in [6, 6.07) is 5.07. The van der Waals surface area contributed by atoms with Crippen molar-refractivity contribution in [3.63, 3.8) is 0 Å². The molecule has 0 fully saturated rings. The summed E-state index contributed by atoms with van der Waals surface area (Å²) in [6.07, 6.45) is 4.87. The summed E-state index contributed by atoms with van der Waals surface area (Å²) in [4.78, 5) is 111. The van der Waals surface area contributed by atoms with E-state index < -0.39 is 48.3 Å². The van der Waals surface area contributed by atoms with Crippen molar-refractivity contribution < 1.29 is 43.0 Å². The van der Waals surface area contributed by atoms with E-state index in [-0.39, 0.29) is 85.6 Å². The lowest BCUT2D eigenvalue weighted by atomic mass is 10.0. The first kappa shape index (κ1) is 47.4. The zero-order valence-electron chi connectivity index (χ0n) is 34.8. The maximum Gasteiger partial charge on any atom is 0.423 e. The minimum absolute atomic E-state index is 0.0783. The molecule has 1 aliphatic heterocycles. The normalized spacial score (nSPS) is 13.1. The average Bonchev–Trinajstić information content (AvgIpc) is 3.70. The van der Waals surface area contributed by atoms with E-state index in [1.807, 2.05) is 13.0 Å². The number of imide groups is 1. The molecule has 62 heavy (non-hydrogen) atoms. The Morgan fingerprint density at radius 2 is 1.63 bits per heavy atom. The van der Waals surface area contributed by atoms with E-state index in [0.717, 1.165) is 15.9 Å². The van der Waals surface area contributed by atoms with Gasteiger partial charge in [-0.1, -0.05) is 45.7 Å². The fourth-order valence-corrected chi connectivity index (χ4v) is 6.24. The number of nitriles is 1. The third-order valence-corrected chi connectivity index (χ3v) is 9.55. The lowest BCUT2D eigenvalue weighted by Gasteiger charge is -2.25. The summed E-state index contributed by atoms with van der Waals surface area (Å²) < 4.78 is 12.5. The summed E-state index contributed by atoms with van der Waals surface area (Å²) in [6.45, 7) is 5.36. The molecule has 7 amide bonds. The van der Waals surface area contributed by atoms with E-state index in [2.05, 4.69) is 31.2 Å². The number of nitrogens with two attached hydrogens (primary N) is 2. The Morgan fingerprint density at radius 1 is 0.919 bits per heavy atom. The van der Waals surface area contributed by atoms with Crippen LogP contribution in [0.5, 0.6) is 6.01 Å². The third-order valence-electron chi connectivity index (χ3n) is 9.55. The highest BCUT2D eigenvalue weighted by atomic mass is 16.6. The van der Waals surface area contributed by atoms with Crippen LogP contribution < -0.4 is 43.2 Å². The van der Waals surface area contributed by atoms with Crippen molar-refractivity contribution >= 4 is 64.3 Å². The second-order valence-corrected chi connectivity index (χ2v) is 14.6. The zero-order valence-corrected chi connectivity index (χ0v) is 34.8. The molecule has 332 valence electrons. The second kappa shape index (κ2) is 22.9. The van der Waals surface area contributed by atoms with Gasteiger partial charge in [-0.15, -0.1) is 0 Å². The van der Waals surface area contributed by atoms with Crippen LogP contribution in [-0.2, 0) is 41.9 Å². The van der Waals surface area contributed by atoms with Crippen LogP contribution in [0.15, 0.2) is 41.2 Å². The van der Waals surface area contributed by atoms with Crippen molar-refractivity contribution in [2.75, 3.05) is 30.7 Å². The first-order valence-electron chi connectivity index (χ1n) is 20.2. The molecule has 8 N–H and O–H groups in total. The zero-order chi connectivity index (χ0) is 45.3. The SMILES string of the molecule is CCCCOc1nc(N)c2c(n1)n(CC#N)c(=O)n2C(=O)OCc1ccc(NC(=O)C(CCCNC(N)=O)NC(=O)C(NC(=O)CCCCCN2C(=O)C=CC2=O)C(C)C)cc1. The predicted octanol–water partition coefficient (Wildman–Crippen LogP) is 1.56. The number of unbranched alkanes of at least 4 members (excludes halogenated alkanes) is 3. The van der Waals surface area contributed by atoms with E-state index in [0.29, 0.717) is 48.1 Å². The Bertz CT molecular complexity index is 2240. The van der Waals surface area contributed by atoms with Crippen LogP contribution in [0.1, 0.15) is 77.7 Å². The van der Waals surface area contributed by atoms with Crippen molar-refractivity contribution in [3.8, 4) is 12.1 Å². The Labute approximate surface area is 356 Å². The maximum absolute atomic E-state index is 13.6. The van der Waals surface area contributed by atoms with E-state index in [1.165, 1.54) is 24.3 Å².